The van der Waals surface area contributed by atoms with Crippen molar-refractivity contribution in [1.29, 1.82) is 0 Å². The first-order chi connectivity index (χ1) is 7.16. The summed E-state index contributed by atoms with van der Waals surface area (Å²) in [6, 6.07) is 8.17. The number of benzene rings is 1. The molecule has 0 unspecified atom stereocenters. The number of nitrogen functional groups attached to an aromatic ring is 1. The minimum absolute atomic E-state index is 0.492. The lowest BCUT2D eigenvalue weighted by atomic mass is 10.1. The average molecular weight is 199 g/mol. The number of rotatable bonds is 1. The standard InChI is InChI=1S/C12H13N3/c1-8-4-3-5-10(6-8)11-7-14-12(13)9(2)15-11/h3-7H,1-2H3,(H2,13,14). The summed E-state index contributed by atoms with van der Waals surface area (Å²) >= 11 is 0. The molecule has 0 spiro atoms. The van der Waals surface area contributed by atoms with Crippen LogP contribution in [0.3, 0.4) is 0 Å². The molecule has 1 aromatic heterocycles. The van der Waals surface area contributed by atoms with Crippen LogP contribution in [0.2, 0.25) is 0 Å². The molecule has 0 saturated carbocycles. The van der Waals surface area contributed by atoms with Gasteiger partial charge in [0.25, 0.3) is 0 Å². The normalized spacial score (nSPS) is 10.3. The molecule has 15 heavy (non-hydrogen) atoms. The van der Waals surface area contributed by atoms with E-state index in [1.807, 2.05) is 19.1 Å². The fraction of sp³-hybridized carbons (Fsp3) is 0.167. The van der Waals surface area contributed by atoms with Crippen molar-refractivity contribution in [1.82, 2.24) is 9.97 Å². The maximum Gasteiger partial charge on any atom is 0.144 e. The zero-order chi connectivity index (χ0) is 10.8. The van der Waals surface area contributed by atoms with E-state index in [0.29, 0.717) is 5.82 Å². The van der Waals surface area contributed by atoms with E-state index >= 15 is 0 Å². The topological polar surface area (TPSA) is 51.8 Å². The van der Waals surface area contributed by atoms with E-state index in [-0.39, 0.29) is 0 Å². The van der Waals surface area contributed by atoms with Crippen LogP contribution in [0.15, 0.2) is 30.5 Å². The minimum Gasteiger partial charge on any atom is -0.382 e. The number of aryl methyl sites for hydroxylation is 2. The number of hydrogen-bond donors (Lipinski definition) is 1. The van der Waals surface area contributed by atoms with Gasteiger partial charge in [-0.05, 0) is 19.9 Å². The molecular weight excluding hydrogens is 186 g/mol. The van der Waals surface area contributed by atoms with E-state index in [0.717, 1.165) is 17.0 Å². The summed E-state index contributed by atoms with van der Waals surface area (Å²) in [5.41, 5.74) is 9.55. The van der Waals surface area contributed by atoms with Crippen LogP contribution in [-0.4, -0.2) is 9.97 Å². The van der Waals surface area contributed by atoms with E-state index < -0.39 is 0 Å². The summed E-state index contributed by atoms with van der Waals surface area (Å²) in [4.78, 5) is 8.50. The van der Waals surface area contributed by atoms with Gasteiger partial charge < -0.3 is 5.73 Å². The summed E-state index contributed by atoms with van der Waals surface area (Å²) < 4.78 is 0. The highest BCUT2D eigenvalue weighted by molar-refractivity contribution is 5.60. The van der Waals surface area contributed by atoms with Crippen molar-refractivity contribution in [3.8, 4) is 11.3 Å². The summed E-state index contributed by atoms with van der Waals surface area (Å²) in [7, 11) is 0. The van der Waals surface area contributed by atoms with Gasteiger partial charge >= 0.3 is 0 Å². The number of nitrogens with zero attached hydrogens (tertiary/aromatic N) is 2. The predicted molar refractivity (Wildman–Crippen MR) is 61.4 cm³/mol. The molecule has 0 amide bonds. The minimum atomic E-state index is 0.492. The monoisotopic (exact) mass is 199 g/mol. The molecule has 3 heteroatoms. The lowest BCUT2D eigenvalue weighted by Gasteiger charge is -2.04. The van der Waals surface area contributed by atoms with Gasteiger partial charge in [-0.25, -0.2) is 9.97 Å². The molecule has 0 aliphatic rings. The van der Waals surface area contributed by atoms with Crippen LogP contribution in [0.1, 0.15) is 11.3 Å². The highest BCUT2D eigenvalue weighted by Crippen LogP contribution is 2.18. The zero-order valence-electron chi connectivity index (χ0n) is 8.86. The Morgan fingerprint density at radius 3 is 2.67 bits per heavy atom. The summed E-state index contributed by atoms with van der Waals surface area (Å²) in [6.45, 7) is 3.92. The van der Waals surface area contributed by atoms with Crippen LogP contribution in [0.5, 0.6) is 0 Å². The van der Waals surface area contributed by atoms with Crippen molar-refractivity contribution < 1.29 is 0 Å². The molecule has 2 N–H and O–H groups in total. The van der Waals surface area contributed by atoms with E-state index in [1.54, 1.807) is 6.20 Å². The Balaban J connectivity index is 2.50. The Morgan fingerprint density at radius 1 is 1.20 bits per heavy atom. The van der Waals surface area contributed by atoms with Crippen LogP contribution in [-0.2, 0) is 0 Å². The summed E-state index contributed by atoms with van der Waals surface area (Å²) in [6.07, 6.45) is 1.71. The second kappa shape index (κ2) is 3.69. The fourth-order valence-electron chi connectivity index (χ4n) is 1.43. The Kier molecular flexibility index (Phi) is 2.37. The second-order valence-corrected chi connectivity index (χ2v) is 3.60. The van der Waals surface area contributed by atoms with Gasteiger partial charge in [0.15, 0.2) is 0 Å². The van der Waals surface area contributed by atoms with E-state index in [9.17, 15) is 0 Å². The third-order valence-corrected chi connectivity index (χ3v) is 2.30. The van der Waals surface area contributed by atoms with Gasteiger partial charge in [-0.15, -0.1) is 0 Å². The van der Waals surface area contributed by atoms with Crippen LogP contribution < -0.4 is 5.73 Å². The second-order valence-electron chi connectivity index (χ2n) is 3.60. The summed E-state index contributed by atoms with van der Waals surface area (Å²) in [5, 5.41) is 0. The molecule has 1 heterocycles. The number of hydrogen-bond acceptors (Lipinski definition) is 3. The van der Waals surface area contributed by atoms with Gasteiger partial charge in [0.05, 0.1) is 17.6 Å². The molecule has 2 rings (SSSR count). The Bertz CT molecular complexity index is 492. The quantitative estimate of drug-likeness (QED) is 0.767. The van der Waals surface area contributed by atoms with Crippen molar-refractivity contribution in [3.63, 3.8) is 0 Å². The molecule has 2 aromatic rings. The molecule has 1 aromatic carbocycles. The van der Waals surface area contributed by atoms with Crippen LogP contribution in [0, 0.1) is 13.8 Å². The smallest absolute Gasteiger partial charge is 0.144 e. The Hall–Kier alpha value is -1.90. The highest BCUT2D eigenvalue weighted by atomic mass is 14.9. The number of nitrogens with two attached hydrogens (primary N) is 1. The van der Waals surface area contributed by atoms with Crippen molar-refractivity contribution >= 4 is 5.82 Å². The van der Waals surface area contributed by atoms with Gasteiger partial charge in [0.2, 0.25) is 0 Å². The van der Waals surface area contributed by atoms with E-state index in [2.05, 4.69) is 29.0 Å². The Labute approximate surface area is 89.0 Å². The molecular formula is C12H13N3. The largest absolute Gasteiger partial charge is 0.382 e. The zero-order valence-corrected chi connectivity index (χ0v) is 8.86. The molecule has 0 atom stereocenters. The summed E-state index contributed by atoms with van der Waals surface area (Å²) in [5.74, 6) is 0.492. The number of anilines is 1. The van der Waals surface area contributed by atoms with Crippen molar-refractivity contribution in [2.45, 2.75) is 13.8 Å². The fourth-order valence-corrected chi connectivity index (χ4v) is 1.43. The third-order valence-electron chi connectivity index (χ3n) is 2.30. The number of aromatic nitrogens is 2. The Morgan fingerprint density at radius 2 is 2.00 bits per heavy atom. The molecule has 0 radical (unpaired) electrons. The molecule has 76 valence electrons. The molecule has 0 fully saturated rings. The van der Waals surface area contributed by atoms with Crippen LogP contribution >= 0.6 is 0 Å². The predicted octanol–water partition coefficient (Wildman–Crippen LogP) is 2.34. The molecule has 0 saturated heterocycles. The molecule has 0 aliphatic heterocycles. The molecule has 3 nitrogen and oxygen atoms in total. The maximum absolute atomic E-state index is 5.62. The first kappa shape index (κ1) is 9.65. The van der Waals surface area contributed by atoms with Crippen LogP contribution in [0.4, 0.5) is 5.82 Å². The van der Waals surface area contributed by atoms with Gasteiger partial charge in [-0.3, -0.25) is 0 Å². The molecule has 0 aliphatic carbocycles. The lowest BCUT2D eigenvalue weighted by Crippen LogP contribution is -1.98. The van der Waals surface area contributed by atoms with Crippen molar-refractivity contribution in [3.05, 3.63) is 41.7 Å². The van der Waals surface area contributed by atoms with Gasteiger partial charge in [-0.2, -0.15) is 0 Å². The van der Waals surface area contributed by atoms with Crippen molar-refractivity contribution in [2.75, 3.05) is 5.73 Å². The average Bonchev–Trinajstić information content (AvgIpc) is 2.22. The first-order valence-electron chi connectivity index (χ1n) is 4.83. The van der Waals surface area contributed by atoms with E-state index in [1.165, 1.54) is 5.56 Å². The third kappa shape index (κ3) is 1.96. The first-order valence-corrected chi connectivity index (χ1v) is 4.83. The SMILES string of the molecule is Cc1cccc(-c2cnc(N)c(C)n2)c1. The molecule has 0 bridgehead atoms. The van der Waals surface area contributed by atoms with Gasteiger partial charge in [-0.1, -0.05) is 23.8 Å². The van der Waals surface area contributed by atoms with Gasteiger partial charge in [0.1, 0.15) is 5.82 Å². The van der Waals surface area contributed by atoms with E-state index in [4.69, 9.17) is 5.73 Å². The maximum atomic E-state index is 5.62. The highest BCUT2D eigenvalue weighted by Gasteiger charge is 2.02. The van der Waals surface area contributed by atoms with Gasteiger partial charge in [0, 0.05) is 5.56 Å². The lowest BCUT2D eigenvalue weighted by molar-refractivity contribution is 1.13. The van der Waals surface area contributed by atoms with Crippen molar-refractivity contribution in [2.24, 2.45) is 0 Å². The van der Waals surface area contributed by atoms with Crippen LogP contribution in [0.25, 0.3) is 11.3 Å².